The van der Waals surface area contributed by atoms with Crippen molar-refractivity contribution in [1.29, 1.82) is 0 Å². The first-order valence-corrected chi connectivity index (χ1v) is 9.04. The van der Waals surface area contributed by atoms with E-state index in [1.807, 2.05) is 6.08 Å². The number of piperazine rings is 1. The number of aryl methyl sites for hydroxylation is 1. The van der Waals surface area contributed by atoms with E-state index in [9.17, 15) is 0 Å². The third kappa shape index (κ3) is 8.70. The van der Waals surface area contributed by atoms with Gasteiger partial charge in [-0.2, -0.15) is 0 Å². The van der Waals surface area contributed by atoms with Crippen LogP contribution in [0.4, 0.5) is 0 Å². The second kappa shape index (κ2) is 12.1. The number of allylic oxidation sites excluding steroid dienone is 1. The van der Waals surface area contributed by atoms with Crippen LogP contribution in [0.25, 0.3) is 0 Å². The Balaban J connectivity index is 0.000000527. The van der Waals surface area contributed by atoms with Gasteiger partial charge in [-0.05, 0) is 37.9 Å². The van der Waals surface area contributed by atoms with Crippen molar-refractivity contribution in [3.63, 3.8) is 0 Å². The van der Waals surface area contributed by atoms with Crippen molar-refractivity contribution in [3.05, 3.63) is 42.0 Å². The van der Waals surface area contributed by atoms with Gasteiger partial charge in [0.25, 0.3) is 0 Å². The minimum Gasteiger partial charge on any atom is -0.493 e. The standard InChI is InChI=1S/C18H28N2O.C2H2O4/c1-4-7-17-9-5-8-16(2)18(17)21-15-6-10-20-13-11-19(3)12-14-20;3-1(4)2(5)6/h4-5,8-9H,1,6-7,10-15H2,2-3H3;(H,3,4)(H,5,6). The quantitative estimate of drug-likeness (QED) is 0.425. The largest absolute Gasteiger partial charge is 0.493 e. The molecule has 1 aliphatic rings. The number of para-hydroxylation sites is 1. The Hall–Kier alpha value is -2.38. The zero-order chi connectivity index (χ0) is 20.2. The Labute approximate surface area is 160 Å². The molecule has 0 amide bonds. The zero-order valence-electron chi connectivity index (χ0n) is 16.2. The predicted octanol–water partition coefficient (Wildman–Crippen LogP) is 1.90. The minimum absolute atomic E-state index is 0.793. The number of aliphatic carboxylic acids is 2. The molecule has 1 aromatic rings. The summed E-state index contributed by atoms with van der Waals surface area (Å²) < 4.78 is 6.05. The van der Waals surface area contributed by atoms with E-state index < -0.39 is 11.9 Å². The molecule has 7 nitrogen and oxygen atoms in total. The summed E-state index contributed by atoms with van der Waals surface area (Å²) in [6.45, 7) is 12.6. The van der Waals surface area contributed by atoms with Gasteiger partial charge in [-0.25, -0.2) is 9.59 Å². The molecule has 0 unspecified atom stereocenters. The van der Waals surface area contributed by atoms with Crippen LogP contribution in [0.2, 0.25) is 0 Å². The summed E-state index contributed by atoms with van der Waals surface area (Å²) >= 11 is 0. The van der Waals surface area contributed by atoms with E-state index in [4.69, 9.17) is 24.5 Å². The second-order valence-electron chi connectivity index (χ2n) is 6.51. The maximum atomic E-state index is 9.10. The Morgan fingerprint density at radius 1 is 1.19 bits per heavy atom. The van der Waals surface area contributed by atoms with E-state index in [-0.39, 0.29) is 0 Å². The first kappa shape index (κ1) is 22.7. The van der Waals surface area contributed by atoms with E-state index in [1.165, 1.54) is 37.3 Å². The number of rotatable bonds is 7. The summed E-state index contributed by atoms with van der Waals surface area (Å²) in [6, 6.07) is 6.33. The van der Waals surface area contributed by atoms with Crippen LogP contribution in [-0.2, 0) is 16.0 Å². The molecule has 0 atom stereocenters. The van der Waals surface area contributed by atoms with Crippen LogP contribution in [0.5, 0.6) is 5.75 Å². The molecule has 27 heavy (non-hydrogen) atoms. The van der Waals surface area contributed by atoms with Gasteiger partial charge in [0.15, 0.2) is 0 Å². The number of likely N-dealkylation sites (N-methyl/N-ethyl adjacent to an activating group) is 1. The number of nitrogens with zero attached hydrogens (tertiary/aromatic N) is 2. The summed E-state index contributed by atoms with van der Waals surface area (Å²) in [7, 11) is 2.19. The lowest BCUT2D eigenvalue weighted by molar-refractivity contribution is -0.159. The van der Waals surface area contributed by atoms with Crippen LogP contribution in [0, 0.1) is 6.92 Å². The van der Waals surface area contributed by atoms with Crippen molar-refractivity contribution in [2.24, 2.45) is 0 Å². The van der Waals surface area contributed by atoms with E-state index in [2.05, 4.69) is 48.5 Å². The number of carboxylic acid groups (broad SMARTS) is 2. The van der Waals surface area contributed by atoms with Crippen molar-refractivity contribution < 1.29 is 24.5 Å². The summed E-state index contributed by atoms with van der Waals surface area (Å²) in [4.78, 5) is 23.1. The van der Waals surface area contributed by atoms with Gasteiger partial charge in [0.2, 0.25) is 0 Å². The molecular formula is C20H30N2O5. The molecule has 2 N–H and O–H groups in total. The highest BCUT2D eigenvalue weighted by Gasteiger charge is 2.13. The van der Waals surface area contributed by atoms with Crippen molar-refractivity contribution >= 4 is 11.9 Å². The van der Waals surface area contributed by atoms with Gasteiger partial charge < -0.3 is 24.7 Å². The van der Waals surface area contributed by atoms with Crippen LogP contribution in [0.1, 0.15) is 17.5 Å². The Kier molecular flexibility index (Phi) is 10.1. The fourth-order valence-corrected chi connectivity index (χ4v) is 2.77. The smallest absolute Gasteiger partial charge is 0.414 e. The highest BCUT2D eigenvalue weighted by Crippen LogP contribution is 2.24. The Morgan fingerprint density at radius 2 is 1.81 bits per heavy atom. The molecule has 0 bridgehead atoms. The topological polar surface area (TPSA) is 90.3 Å². The third-order valence-corrected chi connectivity index (χ3v) is 4.30. The molecular weight excluding hydrogens is 348 g/mol. The highest BCUT2D eigenvalue weighted by molar-refractivity contribution is 6.27. The number of carboxylic acids is 2. The van der Waals surface area contributed by atoms with Crippen molar-refractivity contribution in [1.82, 2.24) is 9.80 Å². The van der Waals surface area contributed by atoms with Crippen molar-refractivity contribution in [2.75, 3.05) is 46.4 Å². The average molecular weight is 378 g/mol. The lowest BCUT2D eigenvalue weighted by atomic mass is 10.1. The van der Waals surface area contributed by atoms with Gasteiger partial charge in [-0.3, -0.25) is 0 Å². The van der Waals surface area contributed by atoms with Gasteiger partial charge in [0, 0.05) is 32.7 Å². The molecule has 0 radical (unpaired) electrons. The fourth-order valence-electron chi connectivity index (χ4n) is 2.77. The summed E-state index contributed by atoms with van der Waals surface area (Å²) in [6.07, 6.45) is 3.90. The average Bonchev–Trinajstić information content (AvgIpc) is 2.63. The molecule has 1 heterocycles. The SMILES string of the molecule is C=CCc1cccc(C)c1OCCCN1CCN(C)CC1.O=C(O)C(=O)O. The summed E-state index contributed by atoms with van der Waals surface area (Å²) in [5.41, 5.74) is 2.46. The molecule has 0 spiro atoms. The van der Waals surface area contributed by atoms with Crippen molar-refractivity contribution in [3.8, 4) is 5.75 Å². The molecule has 0 saturated carbocycles. The molecule has 0 aromatic heterocycles. The summed E-state index contributed by atoms with van der Waals surface area (Å²) in [5.74, 6) is -2.60. The molecule has 1 aliphatic heterocycles. The van der Waals surface area contributed by atoms with Crippen LogP contribution in [-0.4, -0.2) is 78.3 Å². The zero-order valence-corrected chi connectivity index (χ0v) is 16.2. The van der Waals surface area contributed by atoms with Gasteiger partial charge in [-0.1, -0.05) is 24.3 Å². The first-order chi connectivity index (χ1) is 12.8. The summed E-state index contributed by atoms with van der Waals surface area (Å²) in [5, 5.41) is 14.8. The lowest BCUT2D eigenvalue weighted by Gasteiger charge is -2.32. The van der Waals surface area contributed by atoms with Crippen LogP contribution in [0.15, 0.2) is 30.9 Å². The number of carbonyl (C=O) groups is 2. The van der Waals surface area contributed by atoms with Gasteiger partial charge in [-0.15, -0.1) is 6.58 Å². The van der Waals surface area contributed by atoms with Gasteiger partial charge in [0.1, 0.15) is 5.75 Å². The van der Waals surface area contributed by atoms with Crippen LogP contribution >= 0.6 is 0 Å². The number of hydrogen-bond donors (Lipinski definition) is 2. The first-order valence-electron chi connectivity index (χ1n) is 9.04. The third-order valence-electron chi connectivity index (χ3n) is 4.30. The molecule has 1 fully saturated rings. The molecule has 0 aliphatic carbocycles. The van der Waals surface area contributed by atoms with E-state index in [0.29, 0.717) is 0 Å². The van der Waals surface area contributed by atoms with E-state index in [1.54, 1.807) is 0 Å². The number of hydrogen-bond acceptors (Lipinski definition) is 5. The molecule has 2 rings (SSSR count). The minimum atomic E-state index is -1.82. The molecule has 1 saturated heterocycles. The van der Waals surface area contributed by atoms with E-state index in [0.717, 1.165) is 31.7 Å². The van der Waals surface area contributed by atoms with E-state index >= 15 is 0 Å². The molecule has 1 aromatic carbocycles. The van der Waals surface area contributed by atoms with Gasteiger partial charge in [0.05, 0.1) is 6.61 Å². The Bertz CT molecular complexity index is 613. The fraction of sp³-hybridized carbons (Fsp3) is 0.500. The van der Waals surface area contributed by atoms with Gasteiger partial charge >= 0.3 is 11.9 Å². The molecule has 150 valence electrons. The maximum Gasteiger partial charge on any atom is 0.414 e. The highest BCUT2D eigenvalue weighted by atomic mass is 16.5. The van der Waals surface area contributed by atoms with Crippen molar-refractivity contribution in [2.45, 2.75) is 19.8 Å². The predicted molar refractivity (Wildman–Crippen MR) is 104 cm³/mol. The maximum absolute atomic E-state index is 9.10. The normalized spacial score (nSPS) is 14.7. The number of ether oxygens (including phenoxy) is 1. The van der Waals surface area contributed by atoms with Crippen LogP contribution in [0.3, 0.4) is 0 Å². The van der Waals surface area contributed by atoms with Crippen LogP contribution < -0.4 is 4.74 Å². The second-order valence-corrected chi connectivity index (χ2v) is 6.51. The Morgan fingerprint density at radius 3 is 2.37 bits per heavy atom. The molecule has 7 heteroatoms. The monoisotopic (exact) mass is 378 g/mol. The lowest BCUT2D eigenvalue weighted by Crippen LogP contribution is -2.44. The number of benzene rings is 1.